The summed E-state index contributed by atoms with van der Waals surface area (Å²) in [6, 6.07) is 15.8. The van der Waals surface area contributed by atoms with Gasteiger partial charge >= 0.3 is 7.60 Å². The lowest BCUT2D eigenvalue weighted by atomic mass is 9.91. The van der Waals surface area contributed by atoms with Crippen LogP contribution in [0.4, 0.5) is 0 Å². The third-order valence-corrected chi connectivity index (χ3v) is 6.95. The Morgan fingerprint density at radius 3 is 2.04 bits per heavy atom. The van der Waals surface area contributed by atoms with Crippen LogP contribution in [-0.2, 0) is 13.6 Å². The van der Waals surface area contributed by atoms with Gasteiger partial charge in [-0.2, -0.15) is 0 Å². The van der Waals surface area contributed by atoms with E-state index in [2.05, 4.69) is 0 Å². The minimum Gasteiger partial charge on any atom is -0.308 e. The van der Waals surface area contributed by atoms with E-state index in [9.17, 15) is 14.7 Å². The van der Waals surface area contributed by atoms with E-state index in [0.29, 0.717) is 16.1 Å². The summed E-state index contributed by atoms with van der Waals surface area (Å²) in [5.74, 6) is -0.705. The van der Waals surface area contributed by atoms with Crippen molar-refractivity contribution in [1.29, 1.82) is 0 Å². The Kier molecular flexibility index (Phi) is 7.99. The lowest BCUT2D eigenvalue weighted by Gasteiger charge is -2.31. The molecule has 0 aliphatic rings. The molecule has 0 spiro atoms. The van der Waals surface area contributed by atoms with Crippen molar-refractivity contribution in [3.05, 3.63) is 80.9 Å². The van der Waals surface area contributed by atoms with E-state index in [1.54, 1.807) is 62.4 Å². The van der Waals surface area contributed by atoms with Crippen LogP contribution < -0.4 is 0 Å². The number of benzene rings is 2. The van der Waals surface area contributed by atoms with Crippen LogP contribution in [0.15, 0.2) is 54.6 Å². The van der Waals surface area contributed by atoms with Crippen molar-refractivity contribution in [2.45, 2.75) is 25.4 Å². The Labute approximate surface area is 164 Å². The van der Waals surface area contributed by atoms with Gasteiger partial charge in [0.15, 0.2) is 0 Å². The van der Waals surface area contributed by atoms with E-state index in [-0.39, 0.29) is 13.2 Å². The van der Waals surface area contributed by atoms with Gasteiger partial charge in [-0.1, -0.05) is 54.1 Å². The second-order valence-corrected chi connectivity index (χ2v) is 8.49. The van der Waals surface area contributed by atoms with Crippen LogP contribution in [0.2, 0.25) is 5.02 Å². The average Bonchev–Trinajstić information content (AvgIpc) is 2.63. The highest BCUT2D eigenvalue weighted by Gasteiger charge is 2.45. The maximum absolute atomic E-state index is 13.7. The number of rotatable bonds is 10. The smallest absolute Gasteiger partial charge is 0.308 e. The van der Waals surface area contributed by atoms with Crippen molar-refractivity contribution >= 4 is 19.2 Å². The Hall–Kier alpha value is -1.72. The number of nitrogens with zero attached hydrogens (tertiary/aromatic N) is 1. The highest BCUT2D eigenvalue weighted by molar-refractivity contribution is 7.54. The zero-order valence-electron chi connectivity index (χ0n) is 15.3. The fraction of sp³-hybridized carbons (Fsp3) is 0.368. The van der Waals surface area contributed by atoms with E-state index < -0.39 is 30.6 Å². The molecule has 0 aliphatic carbocycles. The summed E-state index contributed by atoms with van der Waals surface area (Å²) in [4.78, 5) is 11.0. The van der Waals surface area contributed by atoms with Crippen LogP contribution >= 0.6 is 19.2 Å². The molecular formula is C19H23ClNO5P. The van der Waals surface area contributed by atoms with Crippen LogP contribution in [0.1, 0.15) is 36.6 Å². The van der Waals surface area contributed by atoms with Gasteiger partial charge in [0, 0.05) is 9.95 Å². The standard InChI is InChI=1S/C19H23ClNO5P/c1-3-25-27(24,26-4-2)19(16-8-6-5-7-9-16)18(14-21(22)23)15-10-12-17(20)13-11-15/h5-13,18-19H,3-4,14H2,1-2H3/t18-,19-/m0/s1. The highest BCUT2D eigenvalue weighted by Crippen LogP contribution is 2.65. The first-order chi connectivity index (χ1) is 12.9. The summed E-state index contributed by atoms with van der Waals surface area (Å²) in [7, 11) is -3.68. The fourth-order valence-corrected chi connectivity index (χ4v) is 5.59. The van der Waals surface area contributed by atoms with Gasteiger partial charge in [-0.25, -0.2) is 0 Å². The molecule has 0 radical (unpaired) electrons. The molecule has 146 valence electrons. The molecule has 6 nitrogen and oxygen atoms in total. The Morgan fingerprint density at radius 1 is 1.00 bits per heavy atom. The molecule has 2 atom stereocenters. The van der Waals surface area contributed by atoms with Gasteiger partial charge in [-0.05, 0) is 37.1 Å². The monoisotopic (exact) mass is 411 g/mol. The predicted octanol–water partition coefficient (Wildman–Crippen LogP) is 5.71. The first-order valence-electron chi connectivity index (χ1n) is 8.72. The van der Waals surface area contributed by atoms with Gasteiger partial charge in [0.2, 0.25) is 6.54 Å². The van der Waals surface area contributed by atoms with Crippen LogP contribution in [0.3, 0.4) is 0 Å². The van der Waals surface area contributed by atoms with Crippen LogP contribution in [-0.4, -0.2) is 24.7 Å². The summed E-state index contributed by atoms with van der Waals surface area (Å²) in [5.41, 5.74) is 0.513. The summed E-state index contributed by atoms with van der Waals surface area (Å²) in [5, 5.41) is 12.0. The maximum Gasteiger partial charge on any atom is 0.338 e. The van der Waals surface area contributed by atoms with E-state index in [1.165, 1.54) is 0 Å². The zero-order chi connectivity index (χ0) is 19.9. The highest BCUT2D eigenvalue weighted by atomic mass is 35.5. The van der Waals surface area contributed by atoms with E-state index >= 15 is 0 Å². The van der Waals surface area contributed by atoms with E-state index in [1.807, 2.05) is 6.07 Å². The van der Waals surface area contributed by atoms with Gasteiger partial charge in [0.1, 0.15) is 0 Å². The van der Waals surface area contributed by atoms with Crippen molar-refractivity contribution in [2.75, 3.05) is 19.8 Å². The molecule has 0 aromatic heterocycles. The van der Waals surface area contributed by atoms with Crippen molar-refractivity contribution < 1.29 is 18.5 Å². The molecule has 0 aliphatic heterocycles. The minimum atomic E-state index is -3.68. The molecule has 8 heteroatoms. The summed E-state index contributed by atoms with van der Waals surface area (Å²) >= 11 is 5.97. The first-order valence-corrected chi connectivity index (χ1v) is 10.7. The summed E-state index contributed by atoms with van der Waals surface area (Å²) in [6.07, 6.45) is 0. The third-order valence-electron chi connectivity index (χ3n) is 4.12. The van der Waals surface area contributed by atoms with Crippen LogP contribution in [0.5, 0.6) is 0 Å². The molecule has 0 heterocycles. The van der Waals surface area contributed by atoms with Gasteiger partial charge < -0.3 is 9.05 Å². The summed E-state index contributed by atoms with van der Waals surface area (Å²) < 4.78 is 24.8. The van der Waals surface area contributed by atoms with Crippen LogP contribution in [0.25, 0.3) is 0 Å². The normalized spacial score (nSPS) is 13.9. The number of halogens is 1. The number of nitro groups is 1. The topological polar surface area (TPSA) is 78.7 Å². The van der Waals surface area contributed by atoms with Gasteiger partial charge in [0.05, 0.1) is 24.8 Å². The molecular weight excluding hydrogens is 389 g/mol. The quantitative estimate of drug-likeness (QED) is 0.284. The molecule has 27 heavy (non-hydrogen) atoms. The molecule has 0 unspecified atom stereocenters. The maximum atomic E-state index is 13.7. The molecule has 0 saturated carbocycles. The second-order valence-electron chi connectivity index (χ2n) is 5.90. The molecule has 2 aromatic carbocycles. The van der Waals surface area contributed by atoms with Gasteiger partial charge in [-0.15, -0.1) is 0 Å². The first kappa shape index (κ1) is 21.6. The van der Waals surface area contributed by atoms with Crippen molar-refractivity contribution in [1.82, 2.24) is 0 Å². The van der Waals surface area contributed by atoms with Crippen molar-refractivity contribution in [3.8, 4) is 0 Å². The Morgan fingerprint density at radius 2 is 1.56 bits per heavy atom. The zero-order valence-corrected chi connectivity index (χ0v) is 16.9. The molecule has 0 fully saturated rings. The fourth-order valence-electron chi connectivity index (χ4n) is 3.10. The van der Waals surface area contributed by atoms with Gasteiger partial charge in [-0.3, -0.25) is 14.7 Å². The molecule has 0 bridgehead atoms. The molecule has 2 rings (SSSR count). The molecule has 0 saturated heterocycles. The number of hydrogen-bond acceptors (Lipinski definition) is 5. The largest absolute Gasteiger partial charge is 0.338 e. The van der Waals surface area contributed by atoms with E-state index in [0.717, 1.165) is 0 Å². The molecule has 2 aromatic rings. The second kappa shape index (κ2) is 10.00. The van der Waals surface area contributed by atoms with Crippen LogP contribution in [0, 0.1) is 10.1 Å². The van der Waals surface area contributed by atoms with E-state index in [4.69, 9.17) is 20.6 Å². The predicted molar refractivity (Wildman–Crippen MR) is 106 cm³/mol. The third kappa shape index (κ3) is 5.63. The van der Waals surface area contributed by atoms with Crippen molar-refractivity contribution in [2.24, 2.45) is 0 Å². The van der Waals surface area contributed by atoms with Crippen molar-refractivity contribution in [3.63, 3.8) is 0 Å². The number of hydrogen-bond donors (Lipinski definition) is 0. The Bertz CT molecular complexity index is 774. The van der Waals surface area contributed by atoms with Gasteiger partial charge in [0.25, 0.3) is 0 Å². The lowest BCUT2D eigenvalue weighted by Crippen LogP contribution is -2.22. The lowest BCUT2D eigenvalue weighted by molar-refractivity contribution is -0.483. The Balaban J connectivity index is 2.64. The minimum absolute atomic E-state index is 0.173. The molecule has 0 N–H and O–H groups in total. The average molecular weight is 412 g/mol. The SMILES string of the molecule is CCOP(=O)(OCC)[C@@H](c1ccccc1)[C@@H](C[N+](=O)[O-])c1ccc(Cl)cc1. The molecule has 0 amide bonds. The summed E-state index contributed by atoms with van der Waals surface area (Å²) in [6.45, 7) is 3.38.